The maximum Gasteiger partial charge on any atom is 0.337 e. The number of nitrogens with zero attached hydrogens (tertiary/aromatic N) is 2. The van der Waals surface area contributed by atoms with Crippen molar-refractivity contribution in [3.8, 4) is 12.1 Å². The number of benzene rings is 2. The number of hydrogen-bond acceptors (Lipinski definition) is 5. The Labute approximate surface area is 145 Å². The molecular weight excluding hydrogens is 316 g/mol. The molecule has 5 heteroatoms. The van der Waals surface area contributed by atoms with Crippen LogP contribution in [0.3, 0.4) is 0 Å². The summed E-state index contributed by atoms with van der Waals surface area (Å²) < 4.78 is 4.65. The number of ketones is 1. The van der Waals surface area contributed by atoms with Gasteiger partial charge in [-0.2, -0.15) is 10.5 Å². The molecular formula is C20H14N2O3. The zero-order chi connectivity index (χ0) is 18.0. The van der Waals surface area contributed by atoms with Crippen molar-refractivity contribution < 1.29 is 14.3 Å². The predicted molar refractivity (Wildman–Crippen MR) is 88.4 cm³/mol. The molecule has 0 aromatic heterocycles. The molecule has 2 atom stereocenters. The average molecular weight is 330 g/mol. The van der Waals surface area contributed by atoms with Crippen LogP contribution in [0.1, 0.15) is 32.2 Å². The molecule has 0 aliphatic heterocycles. The van der Waals surface area contributed by atoms with E-state index in [0.717, 1.165) is 0 Å². The summed E-state index contributed by atoms with van der Waals surface area (Å²) in [6.07, 6.45) is 0. The highest BCUT2D eigenvalue weighted by molar-refractivity contribution is 6.02. The molecule has 0 radical (unpaired) electrons. The number of carbonyl (C=O) groups is 2. The van der Waals surface area contributed by atoms with Gasteiger partial charge in [0.15, 0.2) is 11.2 Å². The van der Waals surface area contributed by atoms with E-state index in [1.165, 1.54) is 7.11 Å². The summed E-state index contributed by atoms with van der Waals surface area (Å²) in [5.74, 6) is -1.91. The quantitative estimate of drug-likeness (QED) is 0.634. The van der Waals surface area contributed by atoms with E-state index in [0.29, 0.717) is 16.7 Å². The van der Waals surface area contributed by atoms with Crippen molar-refractivity contribution in [2.24, 2.45) is 11.3 Å². The van der Waals surface area contributed by atoms with E-state index in [1.54, 1.807) is 54.6 Å². The molecule has 5 nitrogen and oxygen atoms in total. The van der Waals surface area contributed by atoms with Crippen molar-refractivity contribution in [2.45, 2.75) is 5.92 Å². The largest absolute Gasteiger partial charge is 0.465 e. The van der Waals surface area contributed by atoms with E-state index < -0.39 is 23.2 Å². The molecule has 1 aliphatic carbocycles. The highest BCUT2D eigenvalue weighted by atomic mass is 16.5. The maximum absolute atomic E-state index is 12.8. The molecule has 122 valence electrons. The first kappa shape index (κ1) is 16.4. The number of esters is 1. The van der Waals surface area contributed by atoms with Gasteiger partial charge in [0.1, 0.15) is 0 Å². The first-order valence-corrected chi connectivity index (χ1v) is 7.69. The normalized spacial score (nSPS) is 20.0. The van der Waals surface area contributed by atoms with Crippen LogP contribution in [0, 0.1) is 34.0 Å². The lowest BCUT2D eigenvalue weighted by atomic mass is 10.0. The van der Waals surface area contributed by atoms with Gasteiger partial charge in [0.05, 0.1) is 30.7 Å². The standard InChI is InChI=1S/C20H14N2O3/c1-25-19(24)15-9-7-13(8-10-15)16-17(20(16,11-21)12-22)18(23)14-5-3-2-4-6-14/h2-10,16-17H,1H3/t16?,17-/m0/s1. The molecule has 3 rings (SSSR count). The van der Waals surface area contributed by atoms with Gasteiger partial charge in [-0.1, -0.05) is 42.5 Å². The number of nitriles is 2. The summed E-state index contributed by atoms with van der Waals surface area (Å²) in [6, 6.07) is 19.2. The average Bonchev–Trinajstić information content (AvgIpc) is 3.36. The van der Waals surface area contributed by atoms with Crippen molar-refractivity contribution in [1.82, 2.24) is 0 Å². The minimum absolute atomic E-state index is 0.217. The zero-order valence-corrected chi connectivity index (χ0v) is 13.5. The summed E-state index contributed by atoms with van der Waals surface area (Å²) in [5.41, 5.74) is 0.165. The SMILES string of the molecule is COC(=O)c1ccc(C2[C@@H](C(=O)c3ccccc3)C2(C#N)C#N)cc1. The number of ether oxygens (including phenoxy) is 1. The smallest absolute Gasteiger partial charge is 0.337 e. The molecule has 0 saturated heterocycles. The fraction of sp³-hybridized carbons (Fsp3) is 0.200. The summed E-state index contributed by atoms with van der Waals surface area (Å²) >= 11 is 0. The lowest BCUT2D eigenvalue weighted by molar-refractivity contribution is 0.0600. The summed E-state index contributed by atoms with van der Waals surface area (Å²) in [4.78, 5) is 24.3. The molecule has 0 spiro atoms. The van der Waals surface area contributed by atoms with Crippen molar-refractivity contribution in [1.29, 1.82) is 10.5 Å². The summed E-state index contributed by atoms with van der Waals surface area (Å²) in [7, 11) is 1.29. The van der Waals surface area contributed by atoms with Gasteiger partial charge in [-0.3, -0.25) is 4.79 Å². The van der Waals surface area contributed by atoms with Crippen LogP contribution in [0.2, 0.25) is 0 Å². The van der Waals surface area contributed by atoms with Crippen molar-refractivity contribution in [3.05, 3.63) is 71.3 Å². The van der Waals surface area contributed by atoms with Crippen molar-refractivity contribution in [2.75, 3.05) is 7.11 Å². The number of methoxy groups -OCH3 is 1. The molecule has 1 unspecified atom stereocenters. The second-order valence-electron chi connectivity index (χ2n) is 5.89. The molecule has 25 heavy (non-hydrogen) atoms. The molecule has 0 N–H and O–H groups in total. The minimum Gasteiger partial charge on any atom is -0.465 e. The molecule has 2 aromatic rings. The first-order valence-electron chi connectivity index (χ1n) is 7.69. The van der Waals surface area contributed by atoms with Gasteiger partial charge in [0.25, 0.3) is 0 Å². The highest BCUT2D eigenvalue weighted by Gasteiger charge is 2.70. The van der Waals surface area contributed by atoms with E-state index in [-0.39, 0.29) is 5.78 Å². The van der Waals surface area contributed by atoms with Crippen LogP contribution < -0.4 is 0 Å². The summed E-state index contributed by atoms with van der Waals surface area (Å²) in [6.45, 7) is 0. The number of Topliss-reactive ketones (excluding diaryl/α,β-unsaturated/α-hetero) is 1. The van der Waals surface area contributed by atoms with Crippen LogP contribution in [0.15, 0.2) is 54.6 Å². The van der Waals surface area contributed by atoms with E-state index in [2.05, 4.69) is 4.74 Å². The van der Waals surface area contributed by atoms with Crippen LogP contribution in [-0.4, -0.2) is 18.9 Å². The van der Waals surface area contributed by atoms with E-state index >= 15 is 0 Å². The van der Waals surface area contributed by atoms with Crippen molar-refractivity contribution >= 4 is 11.8 Å². The number of rotatable bonds is 4. The first-order chi connectivity index (χ1) is 12.1. The molecule has 0 heterocycles. The third kappa shape index (κ3) is 2.56. The van der Waals surface area contributed by atoms with E-state index in [9.17, 15) is 20.1 Å². The van der Waals surface area contributed by atoms with Gasteiger partial charge in [-0.05, 0) is 17.7 Å². The monoisotopic (exact) mass is 330 g/mol. The van der Waals surface area contributed by atoms with Gasteiger partial charge >= 0.3 is 5.97 Å². The summed E-state index contributed by atoms with van der Waals surface area (Å²) in [5, 5.41) is 19.1. The molecule has 1 aliphatic rings. The number of hydrogen-bond donors (Lipinski definition) is 0. The topological polar surface area (TPSA) is 90.9 Å². The van der Waals surface area contributed by atoms with E-state index in [1.807, 2.05) is 12.1 Å². The Morgan fingerprint density at radius 1 is 0.960 bits per heavy atom. The van der Waals surface area contributed by atoms with E-state index in [4.69, 9.17) is 0 Å². The zero-order valence-electron chi connectivity index (χ0n) is 13.5. The second-order valence-corrected chi connectivity index (χ2v) is 5.89. The fourth-order valence-electron chi connectivity index (χ4n) is 3.23. The Kier molecular flexibility index (Phi) is 4.09. The van der Waals surface area contributed by atoms with Gasteiger partial charge < -0.3 is 4.74 Å². The fourth-order valence-corrected chi connectivity index (χ4v) is 3.23. The van der Waals surface area contributed by atoms with Crippen LogP contribution in [0.25, 0.3) is 0 Å². The molecule has 1 fully saturated rings. The van der Waals surface area contributed by atoms with Crippen LogP contribution >= 0.6 is 0 Å². The Morgan fingerprint density at radius 2 is 1.56 bits per heavy atom. The third-order valence-electron chi connectivity index (χ3n) is 4.61. The second kappa shape index (κ2) is 6.22. The molecule has 2 aromatic carbocycles. The third-order valence-corrected chi connectivity index (χ3v) is 4.61. The number of carbonyl (C=O) groups excluding carboxylic acids is 2. The molecule has 0 amide bonds. The Bertz CT molecular complexity index is 891. The Morgan fingerprint density at radius 3 is 2.08 bits per heavy atom. The van der Waals surface area contributed by atoms with Crippen molar-refractivity contribution in [3.63, 3.8) is 0 Å². The van der Waals surface area contributed by atoms with Crippen LogP contribution in [0.4, 0.5) is 0 Å². The molecule has 1 saturated carbocycles. The van der Waals surface area contributed by atoms with Gasteiger partial charge in [0, 0.05) is 11.5 Å². The highest BCUT2D eigenvalue weighted by Crippen LogP contribution is 2.65. The lowest BCUT2D eigenvalue weighted by Gasteiger charge is -2.03. The van der Waals surface area contributed by atoms with Crippen LogP contribution in [0.5, 0.6) is 0 Å². The maximum atomic E-state index is 12.8. The Hall–Kier alpha value is -3.44. The predicted octanol–water partition coefficient (Wildman–Crippen LogP) is 3.10. The minimum atomic E-state index is -1.38. The Balaban J connectivity index is 1.95. The molecule has 0 bridgehead atoms. The van der Waals surface area contributed by atoms with Gasteiger partial charge in [-0.25, -0.2) is 4.79 Å². The van der Waals surface area contributed by atoms with Gasteiger partial charge in [0.2, 0.25) is 0 Å². The lowest BCUT2D eigenvalue weighted by Crippen LogP contribution is -2.08. The van der Waals surface area contributed by atoms with Gasteiger partial charge in [-0.15, -0.1) is 0 Å². The van der Waals surface area contributed by atoms with Crippen LogP contribution in [-0.2, 0) is 4.74 Å².